The summed E-state index contributed by atoms with van der Waals surface area (Å²) in [5.41, 5.74) is -3.24. The van der Waals surface area contributed by atoms with Crippen molar-refractivity contribution in [1.29, 1.82) is 0 Å². The highest BCUT2D eigenvalue weighted by Gasteiger charge is 2.34. The fraction of sp³-hybridized carbons (Fsp3) is 0.571. The van der Waals surface area contributed by atoms with E-state index in [1.54, 1.807) is 6.92 Å². The van der Waals surface area contributed by atoms with Crippen molar-refractivity contribution in [2.45, 2.75) is 44.9 Å². The number of halogens is 3. The Morgan fingerprint density at radius 2 is 2.05 bits per heavy atom. The number of aliphatic hydroxyl groups excluding tert-OH is 1. The molecule has 0 fully saturated rings. The minimum absolute atomic E-state index is 0.131. The first-order chi connectivity index (χ1) is 10.1. The Hall–Kier alpha value is -1.83. The molecule has 1 aromatic heterocycles. The van der Waals surface area contributed by atoms with Crippen LogP contribution in [0.3, 0.4) is 0 Å². The van der Waals surface area contributed by atoms with Gasteiger partial charge in [0.2, 0.25) is 5.91 Å². The molecule has 5 nitrogen and oxygen atoms in total. The molecule has 1 heterocycles. The summed E-state index contributed by atoms with van der Waals surface area (Å²) in [5, 5.41) is 11.6. The molecule has 0 aliphatic rings. The number of nitrogens with one attached hydrogen (secondary N) is 1. The molecule has 1 amide bonds. The first-order valence-electron chi connectivity index (χ1n) is 6.81. The lowest BCUT2D eigenvalue weighted by Crippen LogP contribution is -2.48. The monoisotopic (exact) mass is 320 g/mol. The van der Waals surface area contributed by atoms with Gasteiger partial charge in [0, 0.05) is 18.3 Å². The molecule has 124 valence electrons. The van der Waals surface area contributed by atoms with Crippen molar-refractivity contribution in [3.05, 3.63) is 34.2 Å². The molecule has 0 aliphatic carbocycles. The number of aromatic nitrogens is 1. The molecule has 0 spiro atoms. The van der Waals surface area contributed by atoms with E-state index < -0.39 is 35.3 Å². The van der Waals surface area contributed by atoms with Crippen LogP contribution in [0.5, 0.6) is 0 Å². The topological polar surface area (TPSA) is 71.3 Å². The van der Waals surface area contributed by atoms with E-state index in [9.17, 15) is 22.8 Å². The summed E-state index contributed by atoms with van der Waals surface area (Å²) in [4.78, 5) is 23.7. The van der Waals surface area contributed by atoms with Crippen LogP contribution >= 0.6 is 0 Å². The third-order valence-corrected chi connectivity index (χ3v) is 3.52. The first-order valence-corrected chi connectivity index (χ1v) is 6.81. The quantitative estimate of drug-likeness (QED) is 0.835. The third kappa shape index (κ3) is 4.59. The highest BCUT2D eigenvalue weighted by Crippen LogP contribution is 2.25. The number of carbonyl (C=O) groups is 1. The molecule has 0 saturated heterocycles. The summed E-state index contributed by atoms with van der Waals surface area (Å²) in [6, 6.07) is 1.75. The molecule has 22 heavy (non-hydrogen) atoms. The molecule has 0 aromatic carbocycles. The summed E-state index contributed by atoms with van der Waals surface area (Å²) >= 11 is 0. The van der Waals surface area contributed by atoms with Gasteiger partial charge in [-0.25, -0.2) is 0 Å². The Labute approximate surface area is 125 Å². The molecule has 0 bridgehead atoms. The molecule has 8 heteroatoms. The number of pyridine rings is 1. The normalized spacial score (nSPS) is 14.5. The average molecular weight is 320 g/mol. The predicted molar refractivity (Wildman–Crippen MR) is 74.2 cm³/mol. The number of carbonyl (C=O) groups excluding carboxylic acids is 1. The fourth-order valence-electron chi connectivity index (χ4n) is 1.98. The van der Waals surface area contributed by atoms with Crippen LogP contribution in [0.1, 0.15) is 32.3 Å². The predicted octanol–water partition coefficient (Wildman–Crippen LogP) is 1.53. The number of hydrogen-bond donors (Lipinski definition) is 2. The molecular weight excluding hydrogens is 301 g/mol. The van der Waals surface area contributed by atoms with Gasteiger partial charge in [-0.1, -0.05) is 6.92 Å². The van der Waals surface area contributed by atoms with Gasteiger partial charge in [0.05, 0.1) is 0 Å². The Morgan fingerprint density at radius 3 is 2.55 bits per heavy atom. The van der Waals surface area contributed by atoms with Crippen LogP contribution in [0.2, 0.25) is 0 Å². The largest absolute Gasteiger partial charge is 0.421 e. The van der Waals surface area contributed by atoms with E-state index in [1.807, 2.05) is 6.92 Å². The maximum Gasteiger partial charge on any atom is 0.421 e. The van der Waals surface area contributed by atoms with Crippen molar-refractivity contribution in [1.82, 2.24) is 9.88 Å². The van der Waals surface area contributed by atoms with Crippen LogP contribution in [0, 0.1) is 0 Å². The summed E-state index contributed by atoms with van der Waals surface area (Å²) in [6.45, 7) is 2.89. The van der Waals surface area contributed by atoms with Gasteiger partial charge < -0.3 is 15.0 Å². The number of hydrogen-bond acceptors (Lipinski definition) is 3. The third-order valence-electron chi connectivity index (χ3n) is 3.52. The number of nitrogens with zero attached hydrogens (tertiary/aromatic N) is 1. The zero-order valence-corrected chi connectivity index (χ0v) is 12.4. The summed E-state index contributed by atoms with van der Waals surface area (Å²) in [5.74, 6) is -0.584. The minimum atomic E-state index is -4.76. The van der Waals surface area contributed by atoms with E-state index in [0.29, 0.717) is 23.5 Å². The second-order valence-corrected chi connectivity index (χ2v) is 5.29. The molecular formula is C14H19F3N2O3. The van der Waals surface area contributed by atoms with Gasteiger partial charge in [-0.15, -0.1) is 0 Å². The zero-order valence-electron chi connectivity index (χ0n) is 12.4. The molecule has 1 unspecified atom stereocenters. The molecule has 0 saturated carbocycles. The second kappa shape index (κ2) is 6.95. The standard InChI is InChI=1S/C14H19F3N2O3/c1-3-13(2,6-8-20)18-11(21)9-19-7-4-5-10(12(19)22)14(15,16)17/h4-5,7,20H,3,6,8-9H2,1-2H3,(H,18,21). The van der Waals surface area contributed by atoms with Crippen LogP contribution in [0.4, 0.5) is 13.2 Å². The smallest absolute Gasteiger partial charge is 0.396 e. The van der Waals surface area contributed by atoms with E-state index in [4.69, 9.17) is 5.11 Å². The van der Waals surface area contributed by atoms with E-state index in [2.05, 4.69) is 5.32 Å². The number of amides is 1. The average Bonchev–Trinajstić information content (AvgIpc) is 2.40. The number of rotatable bonds is 6. The molecule has 0 aliphatic heterocycles. The first kappa shape index (κ1) is 18.2. The lowest BCUT2D eigenvalue weighted by molar-refractivity contribution is -0.139. The van der Waals surface area contributed by atoms with Gasteiger partial charge in [-0.3, -0.25) is 9.59 Å². The molecule has 1 atom stereocenters. The minimum Gasteiger partial charge on any atom is -0.396 e. The molecule has 1 aromatic rings. The van der Waals surface area contributed by atoms with Gasteiger partial charge in [0.15, 0.2) is 0 Å². The van der Waals surface area contributed by atoms with Crippen molar-refractivity contribution >= 4 is 5.91 Å². The Morgan fingerprint density at radius 1 is 1.41 bits per heavy atom. The van der Waals surface area contributed by atoms with Gasteiger partial charge in [-0.05, 0) is 31.9 Å². The molecule has 0 radical (unpaired) electrons. The molecule has 1 rings (SSSR count). The van der Waals surface area contributed by atoms with E-state index in [-0.39, 0.29) is 6.61 Å². The van der Waals surface area contributed by atoms with Crippen LogP contribution < -0.4 is 10.9 Å². The number of alkyl halides is 3. The van der Waals surface area contributed by atoms with Crippen molar-refractivity contribution in [3.63, 3.8) is 0 Å². The molecule has 2 N–H and O–H groups in total. The van der Waals surface area contributed by atoms with Crippen LogP contribution in [0.25, 0.3) is 0 Å². The lowest BCUT2D eigenvalue weighted by Gasteiger charge is -2.29. The van der Waals surface area contributed by atoms with Crippen molar-refractivity contribution in [3.8, 4) is 0 Å². The van der Waals surface area contributed by atoms with Gasteiger partial charge >= 0.3 is 6.18 Å². The fourth-order valence-corrected chi connectivity index (χ4v) is 1.98. The van der Waals surface area contributed by atoms with Crippen molar-refractivity contribution < 1.29 is 23.1 Å². The van der Waals surface area contributed by atoms with E-state index >= 15 is 0 Å². The summed E-state index contributed by atoms with van der Waals surface area (Å²) in [7, 11) is 0. The van der Waals surface area contributed by atoms with Crippen LogP contribution in [-0.4, -0.2) is 27.7 Å². The Balaban J connectivity index is 2.92. The SMILES string of the molecule is CCC(C)(CCO)NC(=O)Cn1cccc(C(F)(F)F)c1=O. The lowest BCUT2D eigenvalue weighted by atomic mass is 9.95. The Bertz CT molecular complexity index is 583. The van der Waals surface area contributed by atoms with Gasteiger partial charge in [0.25, 0.3) is 5.56 Å². The maximum atomic E-state index is 12.7. The summed E-state index contributed by atoms with van der Waals surface area (Å²) in [6.07, 6.45) is -2.78. The highest BCUT2D eigenvalue weighted by molar-refractivity contribution is 5.76. The Kier molecular flexibility index (Phi) is 5.76. The number of aliphatic hydroxyl groups is 1. The van der Waals surface area contributed by atoms with E-state index in [1.165, 1.54) is 0 Å². The van der Waals surface area contributed by atoms with Crippen molar-refractivity contribution in [2.24, 2.45) is 0 Å². The maximum absolute atomic E-state index is 12.7. The zero-order chi connectivity index (χ0) is 17.0. The van der Waals surface area contributed by atoms with Crippen LogP contribution in [-0.2, 0) is 17.5 Å². The summed E-state index contributed by atoms with van der Waals surface area (Å²) < 4.78 is 38.7. The van der Waals surface area contributed by atoms with Gasteiger partial charge in [0.1, 0.15) is 12.1 Å². The second-order valence-electron chi connectivity index (χ2n) is 5.29. The van der Waals surface area contributed by atoms with Crippen molar-refractivity contribution in [2.75, 3.05) is 6.61 Å². The van der Waals surface area contributed by atoms with E-state index in [0.717, 1.165) is 12.3 Å². The highest BCUT2D eigenvalue weighted by atomic mass is 19.4. The van der Waals surface area contributed by atoms with Crippen LogP contribution in [0.15, 0.2) is 23.1 Å². The van der Waals surface area contributed by atoms with Gasteiger partial charge in [-0.2, -0.15) is 13.2 Å².